The van der Waals surface area contributed by atoms with E-state index in [4.69, 9.17) is 11.6 Å². The molecular weight excluding hydrogens is 405 g/mol. The lowest BCUT2D eigenvalue weighted by atomic mass is 9.76. The normalized spacial score (nSPS) is 17.6. The minimum atomic E-state index is -0.755. The van der Waals surface area contributed by atoms with Crippen molar-refractivity contribution in [1.82, 2.24) is 4.90 Å². The molecule has 0 aromatic heterocycles. The minimum Gasteiger partial charge on any atom is -0.481 e. The zero-order valence-corrected chi connectivity index (χ0v) is 14.6. The molecule has 0 saturated carbocycles. The van der Waals surface area contributed by atoms with E-state index in [-0.39, 0.29) is 5.91 Å². The Hall–Kier alpha value is -0.820. The molecule has 21 heavy (non-hydrogen) atoms. The van der Waals surface area contributed by atoms with E-state index in [1.165, 1.54) is 0 Å². The number of carboxylic acid groups (broad SMARTS) is 1. The highest BCUT2D eigenvalue weighted by molar-refractivity contribution is 14.1. The standard InChI is InChI=1S/C15H17ClINO3/c1-2-15(14(20)21)5-7-18(8-6-15)13(19)11-9-10(16)3-4-12(11)17/h3-4,9H,2,5-8H2,1H3,(H,20,21). The molecule has 0 radical (unpaired) electrons. The molecule has 1 aromatic rings. The van der Waals surface area contributed by atoms with Gasteiger partial charge in [-0.1, -0.05) is 18.5 Å². The minimum absolute atomic E-state index is 0.0722. The van der Waals surface area contributed by atoms with Gasteiger partial charge in [-0.3, -0.25) is 9.59 Å². The highest BCUT2D eigenvalue weighted by Gasteiger charge is 2.41. The van der Waals surface area contributed by atoms with Crippen LogP contribution in [0.2, 0.25) is 5.02 Å². The van der Waals surface area contributed by atoms with Crippen LogP contribution in [-0.2, 0) is 4.79 Å². The first-order valence-electron chi connectivity index (χ1n) is 6.87. The van der Waals surface area contributed by atoms with Gasteiger partial charge in [-0.15, -0.1) is 0 Å². The van der Waals surface area contributed by atoms with Gasteiger partial charge in [0.2, 0.25) is 0 Å². The maximum Gasteiger partial charge on any atom is 0.309 e. The van der Waals surface area contributed by atoms with Crippen LogP contribution in [0, 0.1) is 8.99 Å². The number of rotatable bonds is 3. The van der Waals surface area contributed by atoms with E-state index >= 15 is 0 Å². The number of amides is 1. The van der Waals surface area contributed by atoms with Crippen molar-refractivity contribution in [2.75, 3.05) is 13.1 Å². The maximum absolute atomic E-state index is 12.6. The van der Waals surface area contributed by atoms with Gasteiger partial charge in [0.05, 0.1) is 11.0 Å². The molecule has 4 nitrogen and oxygen atoms in total. The summed E-state index contributed by atoms with van der Waals surface area (Å²) in [6.07, 6.45) is 1.60. The predicted octanol–water partition coefficient (Wildman–Crippen LogP) is 3.66. The molecule has 1 aromatic carbocycles. The Kier molecular flexibility index (Phi) is 5.14. The smallest absolute Gasteiger partial charge is 0.309 e. The number of hydrogen-bond donors (Lipinski definition) is 1. The van der Waals surface area contributed by atoms with E-state index < -0.39 is 11.4 Å². The van der Waals surface area contributed by atoms with E-state index in [2.05, 4.69) is 22.6 Å². The van der Waals surface area contributed by atoms with E-state index in [0.29, 0.717) is 42.9 Å². The molecule has 2 rings (SSSR count). The van der Waals surface area contributed by atoms with Crippen molar-refractivity contribution in [3.8, 4) is 0 Å². The summed E-state index contributed by atoms with van der Waals surface area (Å²) in [6.45, 7) is 2.84. The number of carbonyl (C=O) groups is 2. The Morgan fingerprint density at radius 3 is 2.52 bits per heavy atom. The highest BCUT2D eigenvalue weighted by atomic mass is 127. The number of halogens is 2. The molecule has 0 unspecified atom stereocenters. The van der Waals surface area contributed by atoms with Crippen LogP contribution in [0.4, 0.5) is 0 Å². The van der Waals surface area contributed by atoms with Gasteiger partial charge in [0.1, 0.15) is 0 Å². The zero-order chi connectivity index (χ0) is 15.6. The van der Waals surface area contributed by atoms with Crippen LogP contribution in [0.25, 0.3) is 0 Å². The number of likely N-dealkylation sites (tertiary alicyclic amines) is 1. The molecule has 0 atom stereocenters. The van der Waals surface area contributed by atoms with Gasteiger partial charge in [-0.05, 0) is 60.1 Å². The number of carboxylic acids is 1. The molecule has 0 bridgehead atoms. The van der Waals surface area contributed by atoms with E-state index in [0.717, 1.165) is 3.57 Å². The summed E-state index contributed by atoms with van der Waals surface area (Å²) < 4.78 is 0.854. The summed E-state index contributed by atoms with van der Waals surface area (Å²) in [4.78, 5) is 25.7. The van der Waals surface area contributed by atoms with Crippen molar-refractivity contribution in [2.45, 2.75) is 26.2 Å². The van der Waals surface area contributed by atoms with Crippen molar-refractivity contribution in [2.24, 2.45) is 5.41 Å². The van der Waals surface area contributed by atoms with Crippen LogP contribution in [0.5, 0.6) is 0 Å². The Bertz CT molecular complexity index is 568. The first-order chi connectivity index (χ1) is 9.89. The molecule has 1 heterocycles. The van der Waals surface area contributed by atoms with Crippen LogP contribution < -0.4 is 0 Å². The van der Waals surface area contributed by atoms with Gasteiger partial charge < -0.3 is 10.0 Å². The molecule has 1 aliphatic heterocycles. The third kappa shape index (κ3) is 3.34. The summed E-state index contributed by atoms with van der Waals surface area (Å²) in [5, 5.41) is 9.92. The first kappa shape index (κ1) is 16.5. The molecule has 0 aliphatic carbocycles. The number of piperidine rings is 1. The summed E-state index contributed by atoms with van der Waals surface area (Å²) in [6, 6.07) is 5.24. The van der Waals surface area contributed by atoms with Crippen LogP contribution in [0.3, 0.4) is 0 Å². The Morgan fingerprint density at radius 2 is 2.00 bits per heavy atom. The molecule has 6 heteroatoms. The second-order valence-corrected chi connectivity index (χ2v) is 6.95. The first-order valence-corrected chi connectivity index (χ1v) is 8.33. The molecule has 1 amide bonds. The molecular formula is C15H17ClINO3. The number of carbonyl (C=O) groups excluding carboxylic acids is 1. The quantitative estimate of drug-likeness (QED) is 0.758. The molecule has 0 spiro atoms. The van der Waals surface area contributed by atoms with Gasteiger partial charge in [0.25, 0.3) is 5.91 Å². The Labute approximate surface area is 142 Å². The van der Waals surface area contributed by atoms with Crippen molar-refractivity contribution >= 4 is 46.1 Å². The Morgan fingerprint density at radius 1 is 1.38 bits per heavy atom. The van der Waals surface area contributed by atoms with E-state index in [9.17, 15) is 14.7 Å². The van der Waals surface area contributed by atoms with Crippen LogP contribution >= 0.6 is 34.2 Å². The van der Waals surface area contributed by atoms with Crippen LogP contribution in [-0.4, -0.2) is 35.0 Å². The van der Waals surface area contributed by atoms with Crippen molar-refractivity contribution < 1.29 is 14.7 Å². The van der Waals surface area contributed by atoms with Crippen molar-refractivity contribution in [3.63, 3.8) is 0 Å². The average Bonchev–Trinajstić information content (AvgIpc) is 2.49. The molecule has 1 fully saturated rings. The topological polar surface area (TPSA) is 57.6 Å². The SMILES string of the molecule is CCC1(C(=O)O)CCN(C(=O)c2cc(Cl)ccc2I)CC1. The van der Waals surface area contributed by atoms with Gasteiger partial charge in [-0.25, -0.2) is 0 Å². The van der Waals surface area contributed by atoms with Gasteiger partial charge in [0, 0.05) is 21.7 Å². The molecule has 1 saturated heterocycles. The van der Waals surface area contributed by atoms with Crippen LogP contribution in [0.15, 0.2) is 18.2 Å². The largest absolute Gasteiger partial charge is 0.481 e. The van der Waals surface area contributed by atoms with Gasteiger partial charge in [0.15, 0.2) is 0 Å². The van der Waals surface area contributed by atoms with Gasteiger partial charge in [-0.2, -0.15) is 0 Å². The average molecular weight is 422 g/mol. The number of hydrogen-bond acceptors (Lipinski definition) is 2. The number of benzene rings is 1. The zero-order valence-electron chi connectivity index (χ0n) is 11.7. The van der Waals surface area contributed by atoms with E-state index in [1.807, 2.05) is 13.0 Å². The second kappa shape index (κ2) is 6.52. The van der Waals surface area contributed by atoms with Crippen molar-refractivity contribution in [3.05, 3.63) is 32.4 Å². The van der Waals surface area contributed by atoms with Crippen molar-refractivity contribution in [1.29, 1.82) is 0 Å². The summed E-state index contributed by atoms with van der Waals surface area (Å²) in [5.74, 6) is -0.827. The van der Waals surface area contributed by atoms with Gasteiger partial charge >= 0.3 is 5.97 Å². The third-order valence-electron chi connectivity index (χ3n) is 4.30. The number of aliphatic carboxylic acids is 1. The summed E-state index contributed by atoms with van der Waals surface area (Å²) >= 11 is 8.07. The lowest BCUT2D eigenvalue weighted by Crippen LogP contribution is -2.46. The Balaban J connectivity index is 2.13. The highest BCUT2D eigenvalue weighted by Crippen LogP contribution is 2.35. The van der Waals surface area contributed by atoms with Crippen LogP contribution in [0.1, 0.15) is 36.5 Å². The lowest BCUT2D eigenvalue weighted by Gasteiger charge is -2.38. The monoisotopic (exact) mass is 421 g/mol. The maximum atomic E-state index is 12.6. The van der Waals surface area contributed by atoms with E-state index in [1.54, 1.807) is 17.0 Å². The summed E-state index contributed by atoms with van der Waals surface area (Å²) in [7, 11) is 0. The fourth-order valence-corrected chi connectivity index (χ4v) is 3.43. The predicted molar refractivity (Wildman–Crippen MR) is 89.7 cm³/mol. The molecule has 1 N–H and O–H groups in total. The summed E-state index contributed by atoms with van der Waals surface area (Å²) in [5.41, 5.74) is -0.0967. The third-order valence-corrected chi connectivity index (χ3v) is 5.47. The molecule has 114 valence electrons. The second-order valence-electron chi connectivity index (χ2n) is 5.36. The fraction of sp³-hybridized carbons (Fsp3) is 0.467. The molecule has 1 aliphatic rings. The lowest BCUT2D eigenvalue weighted by molar-refractivity contribution is -0.152. The fourth-order valence-electron chi connectivity index (χ4n) is 2.69. The number of nitrogens with zero attached hydrogens (tertiary/aromatic N) is 1.